The van der Waals surface area contributed by atoms with Crippen LogP contribution in [0.1, 0.15) is 23.2 Å². The van der Waals surface area contributed by atoms with Crippen LogP contribution in [0.2, 0.25) is 0 Å². The number of carbonyl (C=O) groups is 2. The molecule has 25 heavy (non-hydrogen) atoms. The van der Waals surface area contributed by atoms with Gasteiger partial charge in [-0.1, -0.05) is 6.07 Å². The Bertz CT molecular complexity index is 748. The van der Waals surface area contributed by atoms with Crippen molar-refractivity contribution in [2.75, 3.05) is 39.6 Å². The van der Waals surface area contributed by atoms with Crippen molar-refractivity contribution in [2.45, 2.75) is 12.8 Å². The van der Waals surface area contributed by atoms with Gasteiger partial charge in [0.1, 0.15) is 0 Å². The quantitative estimate of drug-likeness (QED) is 0.779. The van der Waals surface area contributed by atoms with Crippen LogP contribution in [0.4, 0.5) is 5.69 Å². The van der Waals surface area contributed by atoms with Crippen molar-refractivity contribution in [3.05, 3.63) is 29.8 Å². The summed E-state index contributed by atoms with van der Waals surface area (Å²) in [6.07, 6.45) is 1.23. The summed E-state index contributed by atoms with van der Waals surface area (Å²) in [4.78, 5) is 24.1. The van der Waals surface area contributed by atoms with E-state index in [4.69, 9.17) is 0 Å². The van der Waals surface area contributed by atoms with Gasteiger partial charge in [-0.15, -0.1) is 0 Å². The Morgan fingerprint density at radius 2 is 2.04 bits per heavy atom. The van der Waals surface area contributed by atoms with Crippen molar-refractivity contribution >= 4 is 27.8 Å². The third kappa shape index (κ3) is 4.56. The van der Waals surface area contributed by atoms with Crippen molar-refractivity contribution < 1.29 is 22.7 Å². The molecular weight excluding hydrogens is 346 g/mol. The van der Waals surface area contributed by atoms with Gasteiger partial charge in [0.15, 0.2) is 0 Å². The van der Waals surface area contributed by atoms with Gasteiger partial charge in [-0.05, 0) is 31.0 Å². The third-order valence-corrected chi connectivity index (χ3v) is 6.00. The van der Waals surface area contributed by atoms with E-state index in [2.05, 4.69) is 10.1 Å². The Kier molecular flexibility index (Phi) is 6.15. The van der Waals surface area contributed by atoms with E-state index in [9.17, 15) is 18.0 Å². The number of nitrogens with zero attached hydrogens (tertiary/aromatic N) is 2. The van der Waals surface area contributed by atoms with Crippen molar-refractivity contribution in [1.82, 2.24) is 8.61 Å². The molecule has 1 amide bonds. The number of benzene rings is 1. The highest BCUT2D eigenvalue weighted by molar-refractivity contribution is 7.86. The molecule has 1 saturated heterocycles. The van der Waals surface area contributed by atoms with Gasteiger partial charge in [-0.3, -0.25) is 4.79 Å². The second-order valence-corrected chi connectivity index (χ2v) is 8.19. The molecule has 0 bridgehead atoms. The first-order chi connectivity index (χ1) is 11.8. The van der Waals surface area contributed by atoms with Gasteiger partial charge in [-0.2, -0.15) is 17.0 Å². The molecule has 1 N–H and O–H groups in total. The zero-order valence-corrected chi connectivity index (χ0v) is 15.4. The highest BCUT2D eigenvalue weighted by Gasteiger charge is 2.33. The second kappa shape index (κ2) is 7.94. The number of anilines is 1. The van der Waals surface area contributed by atoms with Crippen LogP contribution in [0.25, 0.3) is 0 Å². The molecule has 1 aromatic rings. The molecule has 0 unspecified atom stereocenters. The van der Waals surface area contributed by atoms with E-state index in [-0.39, 0.29) is 12.5 Å². The van der Waals surface area contributed by atoms with Crippen LogP contribution < -0.4 is 5.32 Å². The summed E-state index contributed by atoms with van der Waals surface area (Å²) in [6, 6.07) is 6.43. The molecule has 1 heterocycles. The molecule has 1 aliphatic rings. The smallest absolute Gasteiger partial charge is 0.337 e. The van der Waals surface area contributed by atoms with E-state index in [1.54, 1.807) is 18.2 Å². The number of methoxy groups -OCH3 is 1. The Hall–Kier alpha value is -1.97. The number of esters is 1. The van der Waals surface area contributed by atoms with Gasteiger partial charge < -0.3 is 10.1 Å². The molecule has 0 aromatic heterocycles. The molecular formula is C16H23N3O5S. The van der Waals surface area contributed by atoms with Gasteiger partial charge in [0.2, 0.25) is 5.91 Å². The lowest BCUT2D eigenvalue weighted by Gasteiger charge is -2.32. The van der Waals surface area contributed by atoms with E-state index in [1.165, 1.54) is 31.6 Å². The molecule has 138 valence electrons. The monoisotopic (exact) mass is 369 g/mol. The van der Waals surface area contributed by atoms with Crippen LogP contribution in [0, 0.1) is 5.92 Å². The molecule has 9 heteroatoms. The second-order valence-electron chi connectivity index (χ2n) is 6.05. The number of carbonyl (C=O) groups excluding carboxylic acids is 2. The molecule has 1 aromatic carbocycles. The van der Waals surface area contributed by atoms with E-state index in [1.807, 2.05) is 0 Å². The van der Waals surface area contributed by atoms with Crippen LogP contribution in [0.5, 0.6) is 0 Å². The zero-order valence-electron chi connectivity index (χ0n) is 14.6. The third-order valence-electron chi connectivity index (χ3n) is 4.09. The lowest BCUT2D eigenvalue weighted by Crippen LogP contribution is -2.47. The lowest BCUT2D eigenvalue weighted by molar-refractivity contribution is -0.120. The average Bonchev–Trinajstić information content (AvgIpc) is 2.61. The number of amides is 1. The molecule has 1 atom stereocenters. The van der Waals surface area contributed by atoms with E-state index in [0.29, 0.717) is 30.6 Å². The normalized spacial score (nSPS) is 18.8. The van der Waals surface area contributed by atoms with Gasteiger partial charge in [0.05, 0.1) is 18.6 Å². The predicted molar refractivity (Wildman–Crippen MR) is 93.3 cm³/mol. The number of hydrogen-bond acceptors (Lipinski definition) is 5. The van der Waals surface area contributed by atoms with Gasteiger partial charge in [0.25, 0.3) is 10.2 Å². The fourth-order valence-electron chi connectivity index (χ4n) is 2.68. The lowest BCUT2D eigenvalue weighted by atomic mass is 9.98. The first-order valence-electron chi connectivity index (χ1n) is 7.92. The Balaban J connectivity index is 2.07. The van der Waals surface area contributed by atoms with E-state index < -0.39 is 22.1 Å². The van der Waals surface area contributed by atoms with E-state index >= 15 is 0 Å². The molecule has 0 saturated carbocycles. The summed E-state index contributed by atoms with van der Waals surface area (Å²) >= 11 is 0. The summed E-state index contributed by atoms with van der Waals surface area (Å²) in [7, 11) is 0.691. The topological polar surface area (TPSA) is 96.0 Å². The zero-order chi connectivity index (χ0) is 18.6. The molecule has 1 fully saturated rings. The maximum atomic E-state index is 12.5. The summed E-state index contributed by atoms with van der Waals surface area (Å²) in [6.45, 7) is 0.547. The molecule has 0 spiro atoms. The van der Waals surface area contributed by atoms with Crippen molar-refractivity contribution in [3.8, 4) is 0 Å². The minimum atomic E-state index is -3.54. The maximum absolute atomic E-state index is 12.5. The maximum Gasteiger partial charge on any atom is 0.337 e. The number of nitrogens with one attached hydrogen (secondary N) is 1. The van der Waals surface area contributed by atoms with E-state index in [0.717, 1.165) is 4.31 Å². The average molecular weight is 369 g/mol. The Labute approximate surface area is 147 Å². The minimum Gasteiger partial charge on any atom is -0.465 e. The predicted octanol–water partition coefficient (Wildman–Crippen LogP) is 0.930. The van der Waals surface area contributed by atoms with Crippen molar-refractivity contribution in [1.29, 1.82) is 0 Å². The molecule has 1 aliphatic heterocycles. The number of rotatable bonds is 5. The van der Waals surface area contributed by atoms with Crippen LogP contribution in [0.15, 0.2) is 24.3 Å². The number of hydrogen-bond donors (Lipinski definition) is 1. The van der Waals surface area contributed by atoms with Crippen molar-refractivity contribution in [3.63, 3.8) is 0 Å². The molecule has 0 radical (unpaired) electrons. The molecule has 0 aliphatic carbocycles. The molecule has 8 nitrogen and oxygen atoms in total. The van der Waals surface area contributed by atoms with Crippen molar-refractivity contribution in [2.24, 2.45) is 5.92 Å². The van der Waals surface area contributed by atoms with Gasteiger partial charge in [0, 0.05) is 32.9 Å². The van der Waals surface area contributed by atoms with Gasteiger partial charge >= 0.3 is 5.97 Å². The highest BCUT2D eigenvalue weighted by Crippen LogP contribution is 2.22. The summed E-state index contributed by atoms with van der Waals surface area (Å²) in [5.41, 5.74) is 0.807. The minimum absolute atomic E-state index is 0.142. The summed E-state index contributed by atoms with van der Waals surface area (Å²) in [5, 5.41) is 2.75. The van der Waals surface area contributed by atoms with Crippen LogP contribution in [-0.4, -0.2) is 63.2 Å². The number of ether oxygens (including phenoxy) is 1. The first kappa shape index (κ1) is 19.4. The largest absolute Gasteiger partial charge is 0.465 e. The summed E-state index contributed by atoms with van der Waals surface area (Å²) < 4.78 is 31.6. The highest BCUT2D eigenvalue weighted by atomic mass is 32.2. The SMILES string of the molecule is COC(=O)c1cccc(NC(=O)[C@H]2CCCN(S(=O)(=O)N(C)C)C2)c1. The Morgan fingerprint density at radius 3 is 2.68 bits per heavy atom. The standard InChI is InChI=1S/C16H23N3O5S/c1-18(2)25(22,23)19-9-5-7-13(11-19)15(20)17-14-8-4-6-12(10-14)16(21)24-3/h4,6,8,10,13H,5,7,9,11H2,1-3H3,(H,17,20)/t13-/m0/s1. The van der Waals surface area contributed by atoms with Gasteiger partial charge in [-0.25, -0.2) is 4.79 Å². The van der Waals surface area contributed by atoms with Crippen LogP contribution >= 0.6 is 0 Å². The fourth-order valence-corrected chi connectivity index (χ4v) is 3.87. The first-order valence-corrected chi connectivity index (χ1v) is 9.32. The van der Waals surface area contributed by atoms with Crippen LogP contribution in [0.3, 0.4) is 0 Å². The Morgan fingerprint density at radius 1 is 1.32 bits per heavy atom. The fraction of sp³-hybridized carbons (Fsp3) is 0.500. The van der Waals surface area contributed by atoms with Crippen LogP contribution in [-0.2, 0) is 19.7 Å². The summed E-state index contributed by atoms with van der Waals surface area (Å²) in [5.74, 6) is -1.19. The molecule has 2 rings (SSSR count). The number of piperidine rings is 1.